The fourth-order valence-corrected chi connectivity index (χ4v) is 3.56. The smallest absolute Gasteiger partial charge is 0.323 e. The van der Waals surface area contributed by atoms with E-state index in [2.05, 4.69) is 23.9 Å². The molecule has 1 saturated carbocycles. The molecule has 3 unspecified atom stereocenters. The first-order valence-corrected chi connectivity index (χ1v) is 7.34. The van der Waals surface area contributed by atoms with Crippen LogP contribution >= 0.6 is 0 Å². The van der Waals surface area contributed by atoms with E-state index in [0.717, 1.165) is 38.9 Å². The van der Waals surface area contributed by atoms with Crippen molar-refractivity contribution in [3.63, 3.8) is 0 Å². The van der Waals surface area contributed by atoms with Crippen molar-refractivity contribution in [3.8, 4) is 0 Å². The second-order valence-corrected chi connectivity index (χ2v) is 6.43. The van der Waals surface area contributed by atoms with E-state index in [-0.39, 0.29) is 5.92 Å². The first kappa shape index (κ1) is 14.8. The highest BCUT2D eigenvalue weighted by Crippen LogP contribution is 2.36. The zero-order chi connectivity index (χ0) is 14.0. The number of hydrogen-bond acceptors (Lipinski definition) is 4. The van der Waals surface area contributed by atoms with Crippen LogP contribution in [0.2, 0.25) is 0 Å². The number of nitrogens with two attached hydrogens (primary N) is 1. The number of carbonyl (C=O) groups is 1. The maximum atomic E-state index is 11.3. The number of likely N-dealkylation sites (N-methyl/N-ethyl adjacent to an activating group) is 1. The Balaban J connectivity index is 1.81. The standard InChI is InChI=1S/C14H27N3O2/c1-16(2)12-6-9-17(10-12)8-5-11-4-3-7-14(11,15)13(18)19/h11-12H,3-10,15H2,1-2H3,(H,18,19). The van der Waals surface area contributed by atoms with E-state index in [1.165, 1.54) is 6.42 Å². The van der Waals surface area contributed by atoms with Gasteiger partial charge in [0.25, 0.3) is 0 Å². The topological polar surface area (TPSA) is 69.8 Å². The monoisotopic (exact) mass is 269 g/mol. The average molecular weight is 269 g/mol. The molecule has 1 aliphatic carbocycles. The zero-order valence-electron chi connectivity index (χ0n) is 12.1. The Morgan fingerprint density at radius 3 is 2.79 bits per heavy atom. The van der Waals surface area contributed by atoms with E-state index in [1.807, 2.05) is 0 Å². The molecule has 2 rings (SSSR count). The summed E-state index contributed by atoms with van der Waals surface area (Å²) in [5, 5.41) is 9.30. The lowest BCUT2D eigenvalue weighted by molar-refractivity contribution is -0.144. The molecule has 0 aromatic heterocycles. The Hall–Kier alpha value is -0.650. The first-order valence-electron chi connectivity index (χ1n) is 7.34. The summed E-state index contributed by atoms with van der Waals surface area (Å²) in [6.07, 6.45) is 4.68. The fourth-order valence-electron chi connectivity index (χ4n) is 3.56. The number of likely N-dealkylation sites (tertiary alicyclic amines) is 1. The minimum absolute atomic E-state index is 0.142. The predicted molar refractivity (Wildman–Crippen MR) is 75.0 cm³/mol. The van der Waals surface area contributed by atoms with Crippen LogP contribution < -0.4 is 5.73 Å². The van der Waals surface area contributed by atoms with Crippen LogP contribution in [0.4, 0.5) is 0 Å². The molecule has 2 fully saturated rings. The van der Waals surface area contributed by atoms with Gasteiger partial charge in [-0.1, -0.05) is 6.42 Å². The summed E-state index contributed by atoms with van der Waals surface area (Å²) in [7, 11) is 4.25. The third-order valence-electron chi connectivity index (χ3n) is 5.04. The summed E-state index contributed by atoms with van der Waals surface area (Å²) in [4.78, 5) is 16.1. The van der Waals surface area contributed by atoms with E-state index >= 15 is 0 Å². The summed E-state index contributed by atoms with van der Waals surface area (Å²) >= 11 is 0. The van der Waals surface area contributed by atoms with Gasteiger partial charge < -0.3 is 20.6 Å². The van der Waals surface area contributed by atoms with Crippen LogP contribution in [-0.2, 0) is 4.79 Å². The second kappa shape index (κ2) is 5.77. The molecule has 0 aromatic carbocycles. The third-order valence-corrected chi connectivity index (χ3v) is 5.04. The van der Waals surface area contributed by atoms with Crippen LogP contribution in [0.3, 0.4) is 0 Å². The van der Waals surface area contributed by atoms with Gasteiger partial charge in [-0.05, 0) is 58.8 Å². The molecule has 5 heteroatoms. The van der Waals surface area contributed by atoms with Crippen molar-refractivity contribution in [2.24, 2.45) is 11.7 Å². The highest BCUT2D eigenvalue weighted by atomic mass is 16.4. The van der Waals surface area contributed by atoms with E-state index in [0.29, 0.717) is 12.5 Å². The third kappa shape index (κ3) is 3.09. The Morgan fingerprint density at radius 1 is 1.47 bits per heavy atom. The van der Waals surface area contributed by atoms with Gasteiger partial charge in [-0.25, -0.2) is 0 Å². The molecule has 1 saturated heterocycles. The van der Waals surface area contributed by atoms with Gasteiger partial charge >= 0.3 is 5.97 Å². The maximum absolute atomic E-state index is 11.3. The number of carboxylic acids is 1. The molecule has 0 radical (unpaired) electrons. The average Bonchev–Trinajstić information content (AvgIpc) is 2.94. The number of nitrogens with zero attached hydrogens (tertiary/aromatic N) is 2. The molecular weight excluding hydrogens is 242 g/mol. The zero-order valence-corrected chi connectivity index (χ0v) is 12.1. The van der Waals surface area contributed by atoms with Crippen LogP contribution in [0.25, 0.3) is 0 Å². The first-order chi connectivity index (χ1) is 8.93. The van der Waals surface area contributed by atoms with Gasteiger partial charge in [-0.3, -0.25) is 4.79 Å². The fraction of sp³-hybridized carbons (Fsp3) is 0.929. The number of hydrogen-bond donors (Lipinski definition) is 2. The Bertz CT molecular complexity index is 335. The van der Waals surface area contributed by atoms with Gasteiger partial charge in [-0.15, -0.1) is 0 Å². The quantitative estimate of drug-likeness (QED) is 0.764. The molecule has 110 valence electrons. The molecule has 2 aliphatic rings. The summed E-state index contributed by atoms with van der Waals surface area (Å²) in [5.41, 5.74) is 5.11. The lowest BCUT2D eigenvalue weighted by Crippen LogP contribution is -2.51. The molecule has 5 nitrogen and oxygen atoms in total. The lowest BCUT2D eigenvalue weighted by atomic mass is 9.85. The van der Waals surface area contributed by atoms with Gasteiger partial charge in [0.1, 0.15) is 5.54 Å². The van der Waals surface area contributed by atoms with Crippen molar-refractivity contribution in [3.05, 3.63) is 0 Å². The molecule has 0 aromatic rings. The lowest BCUT2D eigenvalue weighted by Gasteiger charge is -2.28. The van der Waals surface area contributed by atoms with Crippen molar-refractivity contribution < 1.29 is 9.90 Å². The van der Waals surface area contributed by atoms with Crippen molar-refractivity contribution in [1.82, 2.24) is 9.80 Å². The van der Waals surface area contributed by atoms with E-state index < -0.39 is 11.5 Å². The number of carboxylic acid groups (broad SMARTS) is 1. The Labute approximate surface area is 115 Å². The van der Waals surface area contributed by atoms with Crippen molar-refractivity contribution in [1.29, 1.82) is 0 Å². The van der Waals surface area contributed by atoms with Crippen molar-refractivity contribution in [2.45, 2.75) is 43.7 Å². The molecule has 1 aliphatic heterocycles. The van der Waals surface area contributed by atoms with Crippen LogP contribution in [0.1, 0.15) is 32.1 Å². The number of rotatable bonds is 5. The molecule has 19 heavy (non-hydrogen) atoms. The molecule has 3 atom stereocenters. The van der Waals surface area contributed by atoms with Crippen molar-refractivity contribution in [2.75, 3.05) is 33.7 Å². The summed E-state index contributed by atoms with van der Waals surface area (Å²) in [6.45, 7) is 3.21. The molecule has 0 bridgehead atoms. The Morgan fingerprint density at radius 2 is 2.21 bits per heavy atom. The summed E-state index contributed by atoms with van der Waals surface area (Å²) in [6, 6.07) is 0.644. The van der Waals surface area contributed by atoms with Gasteiger partial charge in [-0.2, -0.15) is 0 Å². The largest absolute Gasteiger partial charge is 0.480 e. The van der Waals surface area contributed by atoms with Gasteiger partial charge in [0.05, 0.1) is 0 Å². The van der Waals surface area contributed by atoms with Crippen LogP contribution in [0, 0.1) is 5.92 Å². The molecule has 0 amide bonds. The van der Waals surface area contributed by atoms with Crippen LogP contribution in [-0.4, -0.2) is 66.2 Å². The SMILES string of the molecule is CN(C)C1CCN(CCC2CCCC2(N)C(=O)O)C1. The van der Waals surface area contributed by atoms with E-state index in [1.54, 1.807) is 0 Å². The van der Waals surface area contributed by atoms with E-state index in [9.17, 15) is 9.90 Å². The minimum Gasteiger partial charge on any atom is -0.480 e. The summed E-state index contributed by atoms with van der Waals surface area (Å²) in [5.74, 6) is -0.675. The molecule has 3 N–H and O–H groups in total. The second-order valence-electron chi connectivity index (χ2n) is 6.43. The van der Waals surface area contributed by atoms with Gasteiger partial charge in [0.2, 0.25) is 0 Å². The van der Waals surface area contributed by atoms with Crippen molar-refractivity contribution >= 4 is 5.97 Å². The highest BCUT2D eigenvalue weighted by Gasteiger charge is 2.45. The summed E-state index contributed by atoms with van der Waals surface area (Å²) < 4.78 is 0. The molecule has 1 heterocycles. The molecular formula is C14H27N3O2. The highest BCUT2D eigenvalue weighted by molar-refractivity contribution is 5.79. The molecule has 0 spiro atoms. The van der Waals surface area contributed by atoms with Gasteiger partial charge in [0.15, 0.2) is 0 Å². The number of aliphatic carboxylic acids is 1. The normalized spacial score (nSPS) is 36.2. The van der Waals surface area contributed by atoms with Crippen LogP contribution in [0.5, 0.6) is 0 Å². The predicted octanol–water partition coefficient (Wildman–Crippen LogP) is 0.595. The minimum atomic E-state index is -0.972. The van der Waals surface area contributed by atoms with Crippen LogP contribution in [0.15, 0.2) is 0 Å². The maximum Gasteiger partial charge on any atom is 0.323 e. The van der Waals surface area contributed by atoms with E-state index in [4.69, 9.17) is 5.73 Å². The Kier molecular flexibility index (Phi) is 4.48. The van der Waals surface area contributed by atoms with Gasteiger partial charge in [0, 0.05) is 12.6 Å².